The molecule has 0 aromatic carbocycles. The van der Waals surface area contributed by atoms with Crippen molar-refractivity contribution in [3.8, 4) is 6.01 Å². The summed E-state index contributed by atoms with van der Waals surface area (Å²) in [5.41, 5.74) is 0.571. The molecule has 1 aliphatic heterocycles. The molecule has 0 radical (unpaired) electrons. The van der Waals surface area contributed by atoms with Crippen LogP contribution in [-0.2, 0) is 0 Å². The highest BCUT2D eigenvalue weighted by atomic mass is 16.5. The topological polar surface area (TPSA) is 68.5 Å². The van der Waals surface area contributed by atoms with E-state index in [1.54, 1.807) is 29.4 Å². The molecule has 1 fully saturated rings. The monoisotopic (exact) mass is 273 g/mol. The lowest BCUT2D eigenvalue weighted by molar-refractivity contribution is 0.0515. The second kappa shape index (κ2) is 5.73. The van der Waals surface area contributed by atoms with E-state index in [2.05, 4.69) is 9.97 Å². The van der Waals surface area contributed by atoms with Gasteiger partial charge in [0.15, 0.2) is 0 Å². The minimum absolute atomic E-state index is 0.0268. The number of piperidine rings is 1. The first-order valence-electron chi connectivity index (χ1n) is 6.58. The van der Waals surface area contributed by atoms with Gasteiger partial charge >= 0.3 is 6.01 Å². The molecule has 0 spiro atoms. The highest BCUT2D eigenvalue weighted by Crippen LogP contribution is 2.17. The number of aromatic nitrogens is 2. The molecule has 6 heteroatoms. The summed E-state index contributed by atoms with van der Waals surface area (Å²) in [6, 6.07) is 3.77. The molecule has 1 atom stereocenters. The Labute approximate surface area is 116 Å². The summed E-state index contributed by atoms with van der Waals surface area (Å²) in [5, 5.41) is 0. The van der Waals surface area contributed by atoms with Crippen molar-refractivity contribution >= 4 is 5.91 Å². The van der Waals surface area contributed by atoms with Crippen molar-refractivity contribution in [2.75, 3.05) is 13.1 Å². The van der Waals surface area contributed by atoms with Gasteiger partial charge in [0.1, 0.15) is 12.4 Å². The predicted octanol–water partition coefficient (Wildman–Crippen LogP) is 1.75. The van der Waals surface area contributed by atoms with Crippen molar-refractivity contribution in [3.05, 3.63) is 42.6 Å². The van der Waals surface area contributed by atoms with E-state index < -0.39 is 0 Å². The third kappa shape index (κ3) is 2.79. The molecule has 3 rings (SSSR count). The lowest BCUT2D eigenvalue weighted by Crippen LogP contribution is -2.44. The Bertz CT molecular complexity index is 556. The average Bonchev–Trinajstić information content (AvgIpc) is 3.02. The van der Waals surface area contributed by atoms with E-state index in [1.165, 1.54) is 12.5 Å². The predicted molar refractivity (Wildman–Crippen MR) is 70.3 cm³/mol. The van der Waals surface area contributed by atoms with Gasteiger partial charge in [-0.1, -0.05) is 0 Å². The summed E-state index contributed by atoms with van der Waals surface area (Å²) in [7, 11) is 0. The van der Waals surface area contributed by atoms with Crippen molar-refractivity contribution in [1.29, 1.82) is 0 Å². The SMILES string of the molecule is O=C(c1ccoc1)N1CCC[C@@H](Oc2ncccn2)C1. The van der Waals surface area contributed by atoms with Crippen molar-refractivity contribution in [2.45, 2.75) is 18.9 Å². The van der Waals surface area contributed by atoms with Crippen LogP contribution in [0.15, 0.2) is 41.5 Å². The molecule has 1 aliphatic rings. The number of nitrogens with zero attached hydrogens (tertiary/aromatic N) is 3. The molecule has 0 aliphatic carbocycles. The molecule has 1 amide bonds. The van der Waals surface area contributed by atoms with Gasteiger partial charge in [-0.2, -0.15) is 0 Å². The van der Waals surface area contributed by atoms with Crippen LogP contribution in [0.2, 0.25) is 0 Å². The summed E-state index contributed by atoms with van der Waals surface area (Å²) in [5.74, 6) is -0.0268. The molecule has 6 nitrogen and oxygen atoms in total. The summed E-state index contributed by atoms with van der Waals surface area (Å²) in [4.78, 5) is 22.1. The molecular weight excluding hydrogens is 258 g/mol. The van der Waals surface area contributed by atoms with Crippen LogP contribution in [0.3, 0.4) is 0 Å². The van der Waals surface area contributed by atoms with E-state index in [1.807, 2.05) is 0 Å². The van der Waals surface area contributed by atoms with Crippen LogP contribution in [0.5, 0.6) is 6.01 Å². The second-order valence-electron chi connectivity index (χ2n) is 4.68. The number of hydrogen-bond acceptors (Lipinski definition) is 5. The van der Waals surface area contributed by atoms with Gasteiger partial charge in [0.2, 0.25) is 0 Å². The third-order valence-corrected chi connectivity index (χ3v) is 3.25. The zero-order valence-corrected chi connectivity index (χ0v) is 10.9. The first-order valence-corrected chi connectivity index (χ1v) is 6.58. The van der Waals surface area contributed by atoms with E-state index >= 15 is 0 Å². The molecule has 0 N–H and O–H groups in total. The molecule has 3 heterocycles. The number of furan rings is 1. The van der Waals surface area contributed by atoms with Crippen molar-refractivity contribution in [3.63, 3.8) is 0 Å². The Hall–Kier alpha value is -2.37. The standard InChI is InChI=1S/C14H15N3O3/c18-13(11-4-8-19-10-11)17-7-1-3-12(9-17)20-14-15-5-2-6-16-14/h2,4-6,8,10,12H,1,3,7,9H2/t12-/m1/s1. The number of amides is 1. The van der Waals surface area contributed by atoms with E-state index in [0.29, 0.717) is 18.1 Å². The molecule has 0 unspecified atom stereocenters. The number of ether oxygens (including phenoxy) is 1. The van der Waals surface area contributed by atoms with Gasteiger partial charge in [0.25, 0.3) is 5.91 Å². The zero-order valence-electron chi connectivity index (χ0n) is 10.9. The van der Waals surface area contributed by atoms with Gasteiger partial charge in [-0.05, 0) is 25.0 Å². The molecule has 20 heavy (non-hydrogen) atoms. The van der Waals surface area contributed by atoms with Crippen LogP contribution in [0.25, 0.3) is 0 Å². The maximum Gasteiger partial charge on any atom is 0.316 e. The highest BCUT2D eigenvalue weighted by Gasteiger charge is 2.26. The van der Waals surface area contributed by atoms with E-state index in [9.17, 15) is 4.79 Å². The lowest BCUT2D eigenvalue weighted by atomic mass is 10.1. The Balaban J connectivity index is 1.63. The fraction of sp³-hybridized carbons (Fsp3) is 0.357. The number of rotatable bonds is 3. The molecule has 0 saturated carbocycles. The summed E-state index contributed by atoms with van der Waals surface area (Å²) >= 11 is 0. The van der Waals surface area contributed by atoms with E-state index in [0.717, 1.165) is 19.4 Å². The van der Waals surface area contributed by atoms with Crippen molar-refractivity contribution in [1.82, 2.24) is 14.9 Å². The van der Waals surface area contributed by atoms with Gasteiger partial charge in [0, 0.05) is 18.9 Å². The zero-order chi connectivity index (χ0) is 13.8. The Morgan fingerprint density at radius 1 is 1.40 bits per heavy atom. The van der Waals surface area contributed by atoms with Crippen LogP contribution >= 0.6 is 0 Å². The van der Waals surface area contributed by atoms with Crippen molar-refractivity contribution in [2.24, 2.45) is 0 Å². The minimum Gasteiger partial charge on any atom is -0.472 e. The average molecular weight is 273 g/mol. The Morgan fingerprint density at radius 2 is 2.25 bits per heavy atom. The largest absolute Gasteiger partial charge is 0.472 e. The number of likely N-dealkylation sites (tertiary alicyclic amines) is 1. The molecule has 2 aromatic heterocycles. The second-order valence-corrected chi connectivity index (χ2v) is 4.68. The van der Waals surface area contributed by atoms with Crippen LogP contribution in [-0.4, -0.2) is 40.0 Å². The minimum atomic E-state index is -0.0676. The molecule has 1 saturated heterocycles. The fourth-order valence-electron chi connectivity index (χ4n) is 2.28. The maximum absolute atomic E-state index is 12.2. The number of carbonyl (C=O) groups is 1. The normalized spacial score (nSPS) is 18.8. The molecule has 104 valence electrons. The van der Waals surface area contributed by atoms with Gasteiger partial charge in [0.05, 0.1) is 18.4 Å². The van der Waals surface area contributed by atoms with Crippen LogP contribution in [0.4, 0.5) is 0 Å². The highest BCUT2D eigenvalue weighted by molar-refractivity contribution is 5.93. The van der Waals surface area contributed by atoms with Crippen LogP contribution < -0.4 is 4.74 Å². The smallest absolute Gasteiger partial charge is 0.316 e. The Morgan fingerprint density at radius 3 is 3.00 bits per heavy atom. The first-order chi connectivity index (χ1) is 9.83. The van der Waals surface area contributed by atoms with Gasteiger partial charge in [-0.25, -0.2) is 9.97 Å². The third-order valence-electron chi connectivity index (χ3n) is 3.25. The van der Waals surface area contributed by atoms with Gasteiger partial charge < -0.3 is 14.1 Å². The fourth-order valence-corrected chi connectivity index (χ4v) is 2.28. The summed E-state index contributed by atoms with van der Waals surface area (Å²) in [6.45, 7) is 1.28. The molecule has 0 bridgehead atoms. The van der Waals surface area contributed by atoms with Gasteiger partial charge in [-0.3, -0.25) is 4.79 Å². The van der Waals surface area contributed by atoms with Crippen LogP contribution in [0, 0.1) is 0 Å². The number of hydrogen-bond donors (Lipinski definition) is 0. The quantitative estimate of drug-likeness (QED) is 0.852. The first kappa shape index (κ1) is 12.7. The van der Waals surface area contributed by atoms with Crippen LogP contribution in [0.1, 0.15) is 23.2 Å². The summed E-state index contributed by atoms with van der Waals surface area (Å²) in [6.07, 6.45) is 7.98. The lowest BCUT2D eigenvalue weighted by Gasteiger charge is -2.32. The van der Waals surface area contributed by atoms with Gasteiger partial charge in [-0.15, -0.1) is 0 Å². The van der Waals surface area contributed by atoms with E-state index in [4.69, 9.17) is 9.15 Å². The molecule has 2 aromatic rings. The molecular formula is C14H15N3O3. The van der Waals surface area contributed by atoms with Crippen molar-refractivity contribution < 1.29 is 13.9 Å². The number of carbonyl (C=O) groups excluding carboxylic acids is 1. The summed E-state index contributed by atoms with van der Waals surface area (Å²) < 4.78 is 10.7. The Kier molecular flexibility index (Phi) is 3.62. The van der Waals surface area contributed by atoms with E-state index in [-0.39, 0.29) is 12.0 Å². The maximum atomic E-state index is 12.2.